The third-order valence-electron chi connectivity index (χ3n) is 5.57. The van der Waals surface area contributed by atoms with E-state index in [9.17, 15) is 14.4 Å². The Morgan fingerprint density at radius 1 is 1.13 bits per heavy atom. The molecule has 3 rings (SSSR count). The highest BCUT2D eigenvalue weighted by Crippen LogP contribution is 2.19. The van der Waals surface area contributed by atoms with Gasteiger partial charge in [-0.3, -0.25) is 14.4 Å². The van der Waals surface area contributed by atoms with Gasteiger partial charge in [0.25, 0.3) is 11.8 Å². The van der Waals surface area contributed by atoms with Gasteiger partial charge in [-0.15, -0.1) is 0 Å². The molecule has 31 heavy (non-hydrogen) atoms. The summed E-state index contributed by atoms with van der Waals surface area (Å²) in [5, 5.41) is 5.62. The smallest absolute Gasteiger partial charge is 0.257 e. The maximum Gasteiger partial charge on any atom is 0.257 e. The second-order valence-corrected chi connectivity index (χ2v) is 8.28. The predicted molar refractivity (Wildman–Crippen MR) is 119 cm³/mol. The summed E-state index contributed by atoms with van der Waals surface area (Å²) in [6, 6.07) is 3.06. The number of carbonyl (C=O) groups excluding carboxylic acids is 2. The highest BCUT2D eigenvalue weighted by Gasteiger charge is 2.22. The Bertz CT molecular complexity index is 1000. The lowest BCUT2D eigenvalue weighted by Gasteiger charge is -2.17. The van der Waals surface area contributed by atoms with Gasteiger partial charge in [0.15, 0.2) is 0 Å². The Hall–Kier alpha value is -3.09. The number of pyridine rings is 1. The summed E-state index contributed by atoms with van der Waals surface area (Å²) in [7, 11) is 0. The lowest BCUT2D eigenvalue weighted by molar-refractivity contribution is 0.0933. The highest BCUT2D eigenvalue weighted by molar-refractivity contribution is 5.99. The quantitative estimate of drug-likeness (QED) is 0.622. The Labute approximate surface area is 182 Å². The van der Waals surface area contributed by atoms with Crippen LogP contribution in [0.15, 0.2) is 51.7 Å². The predicted octanol–water partition coefficient (Wildman–Crippen LogP) is 4.13. The summed E-state index contributed by atoms with van der Waals surface area (Å²) in [5.41, 5.74) is 0.695. The minimum absolute atomic E-state index is 0.0198. The van der Waals surface area contributed by atoms with Gasteiger partial charge in [0.2, 0.25) is 5.43 Å². The van der Waals surface area contributed by atoms with Crippen molar-refractivity contribution in [2.75, 3.05) is 6.54 Å². The molecule has 0 saturated carbocycles. The van der Waals surface area contributed by atoms with Gasteiger partial charge >= 0.3 is 0 Å². The molecule has 166 valence electrons. The molecule has 0 bridgehead atoms. The van der Waals surface area contributed by atoms with Gasteiger partial charge < -0.3 is 19.6 Å². The average Bonchev–Trinajstić information content (AvgIpc) is 3.29. The summed E-state index contributed by atoms with van der Waals surface area (Å²) in [6.07, 6.45) is 12.1. The van der Waals surface area contributed by atoms with E-state index in [2.05, 4.69) is 16.7 Å². The number of hydrogen-bond donors (Lipinski definition) is 2. The molecule has 7 nitrogen and oxygen atoms in total. The maximum absolute atomic E-state index is 13.0. The molecule has 2 aromatic rings. The van der Waals surface area contributed by atoms with Gasteiger partial charge in [0.05, 0.1) is 12.3 Å². The molecule has 2 N–H and O–H groups in total. The number of nitrogens with zero attached hydrogens (tertiary/aromatic N) is 1. The molecule has 0 aliphatic heterocycles. The Morgan fingerprint density at radius 3 is 2.48 bits per heavy atom. The largest absolute Gasteiger partial charge is 0.467 e. The molecular formula is C24H31N3O4. The zero-order valence-electron chi connectivity index (χ0n) is 18.4. The maximum atomic E-state index is 13.0. The van der Waals surface area contributed by atoms with Crippen molar-refractivity contribution in [2.45, 2.75) is 65.0 Å². The topological polar surface area (TPSA) is 93.3 Å². The van der Waals surface area contributed by atoms with Crippen LogP contribution >= 0.6 is 0 Å². The van der Waals surface area contributed by atoms with E-state index >= 15 is 0 Å². The van der Waals surface area contributed by atoms with Crippen LogP contribution in [-0.4, -0.2) is 22.9 Å². The third-order valence-corrected chi connectivity index (χ3v) is 5.57. The molecule has 1 aliphatic rings. The van der Waals surface area contributed by atoms with Crippen molar-refractivity contribution >= 4 is 11.8 Å². The van der Waals surface area contributed by atoms with E-state index in [1.165, 1.54) is 37.1 Å². The minimum Gasteiger partial charge on any atom is -0.467 e. The number of amides is 2. The van der Waals surface area contributed by atoms with Crippen molar-refractivity contribution in [3.05, 3.63) is 69.5 Å². The first kappa shape index (κ1) is 22.6. The van der Waals surface area contributed by atoms with E-state index in [1.807, 2.05) is 13.8 Å². The third kappa shape index (κ3) is 5.75. The summed E-state index contributed by atoms with van der Waals surface area (Å²) in [4.78, 5) is 38.6. The summed E-state index contributed by atoms with van der Waals surface area (Å²) in [6.45, 7) is 6.09. The van der Waals surface area contributed by atoms with Gasteiger partial charge in [-0.05, 0) is 65.0 Å². The van der Waals surface area contributed by atoms with E-state index in [0.717, 1.165) is 19.3 Å². The fourth-order valence-corrected chi connectivity index (χ4v) is 3.67. The van der Waals surface area contributed by atoms with Crippen LogP contribution in [0.1, 0.15) is 91.4 Å². The lowest BCUT2D eigenvalue weighted by Crippen LogP contribution is -2.36. The number of aromatic nitrogens is 1. The number of rotatable bonds is 8. The van der Waals surface area contributed by atoms with Crippen LogP contribution in [0.4, 0.5) is 0 Å². The van der Waals surface area contributed by atoms with Crippen molar-refractivity contribution in [1.82, 2.24) is 15.2 Å². The van der Waals surface area contributed by atoms with Crippen molar-refractivity contribution in [3.63, 3.8) is 0 Å². The second kappa shape index (κ2) is 10.3. The minimum atomic E-state index is -0.574. The Balaban J connectivity index is 1.77. The van der Waals surface area contributed by atoms with E-state index in [1.54, 1.807) is 23.6 Å². The zero-order valence-corrected chi connectivity index (χ0v) is 18.4. The molecule has 2 amide bonds. The molecule has 2 aromatic heterocycles. The van der Waals surface area contributed by atoms with Gasteiger partial charge in [0.1, 0.15) is 16.9 Å². The molecule has 1 aliphatic carbocycles. The Kier molecular flexibility index (Phi) is 7.50. The molecule has 1 atom stereocenters. The standard InChI is InChI=1S/C24H31N3O4/c1-16(2)27-14-19(23(29)25-12-11-18-8-5-4-6-9-18)22(28)20(15-27)24(30)26-17(3)21-10-7-13-31-21/h7-8,10,13-17H,4-6,9,11-12H2,1-3H3,(H,25,29)(H,26,30)/t17-/m1/s1. The summed E-state index contributed by atoms with van der Waals surface area (Å²) >= 11 is 0. The van der Waals surface area contributed by atoms with Crippen LogP contribution < -0.4 is 16.1 Å². The van der Waals surface area contributed by atoms with Crippen LogP contribution in [0, 0.1) is 0 Å². The molecular weight excluding hydrogens is 394 g/mol. The lowest BCUT2D eigenvalue weighted by atomic mass is 9.97. The molecule has 0 spiro atoms. The van der Waals surface area contributed by atoms with Crippen molar-refractivity contribution < 1.29 is 14.0 Å². The molecule has 0 radical (unpaired) electrons. The van der Waals surface area contributed by atoms with Crippen molar-refractivity contribution in [1.29, 1.82) is 0 Å². The summed E-state index contributed by atoms with van der Waals surface area (Å²) in [5.74, 6) is -0.404. The molecule has 0 fully saturated rings. The fraction of sp³-hybridized carbons (Fsp3) is 0.458. The normalized spacial score (nSPS) is 14.8. The SMILES string of the molecule is CC(C)n1cc(C(=O)NCCC2=CCCCC2)c(=O)c(C(=O)N[C@H](C)c2ccco2)c1. The van der Waals surface area contributed by atoms with Crippen LogP contribution in [0.25, 0.3) is 0 Å². The van der Waals surface area contributed by atoms with Gasteiger partial charge in [0, 0.05) is 25.0 Å². The monoisotopic (exact) mass is 425 g/mol. The average molecular weight is 426 g/mol. The number of hydrogen-bond acceptors (Lipinski definition) is 4. The van der Waals surface area contributed by atoms with Crippen molar-refractivity contribution in [3.8, 4) is 0 Å². The summed E-state index contributed by atoms with van der Waals surface area (Å²) < 4.78 is 7.03. The fourth-order valence-electron chi connectivity index (χ4n) is 3.67. The van der Waals surface area contributed by atoms with Gasteiger partial charge in [-0.2, -0.15) is 0 Å². The number of furan rings is 1. The molecule has 0 aromatic carbocycles. The second-order valence-electron chi connectivity index (χ2n) is 8.28. The molecule has 7 heteroatoms. The molecule has 0 saturated heterocycles. The van der Waals surface area contributed by atoms with E-state index in [0.29, 0.717) is 12.3 Å². The molecule has 2 heterocycles. The number of allylic oxidation sites excluding steroid dienone is 1. The molecule has 0 unspecified atom stereocenters. The van der Waals surface area contributed by atoms with Crippen LogP contribution in [0.3, 0.4) is 0 Å². The van der Waals surface area contributed by atoms with Crippen LogP contribution in [0.2, 0.25) is 0 Å². The first-order valence-electron chi connectivity index (χ1n) is 10.9. The first-order valence-corrected chi connectivity index (χ1v) is 10.9. The van der Waals surface area contributed by atoms with Gasteiger partial charge in [-0.1, -0.05) is 11.6 Å². The van der Waals surface area contributed by atoms with Crippen LogP contribution in [0.5, 0.6) is 0 Å². The zero-order chi connectivity index (χ0) is 22.4. The Morgan fingerprint density at radius 2 is 1.87 bits per heavy atom. The van der Waals surface area contributed by atoms with E-state index in [4.69, 9.17) is 4.42 Å². The van der Waals surface area contributed by atoms with E-state index < -0.39 is 23.3 Å². The number of carbonyl (C=O) groups is 2. The van der Waals surface area contributed by atoms with Gasteiger partial charge in [-0.25, -0.2) is 0 Å². The van der Waals surface area contributed by atoms with E-state index in [-0.39, 0.29) is 17.2 Å². The van der Waals surface area contributed by atoms with Crippen LogP contribution in [-0.2, 0) is 0 Å². The van der Waals surface area contributed by atoms with Crippen molar-refractivity contribution in [2.24, 2.45) is 0 Å². The first-order chi connectivity index (χ1) is 14.9. The number of nitrogens with one attached hydrogen (secondary N) is 2. The highest BCUT2D eigenvalue weighted by atomic mass is 16.3.